The molecule has 0 bridgehead atoms. The van der Waals surface area contributed by atoms with E-state index in [1.165, 1.54) is 15.4 Å². The Hall–Kier alpha value is -2.91. The first-order valence-corrected chi connectivity index (χ1v) is 7.05. The molecule has 0 aliphatic carbocycles. The van der Waals surface area contributed by atoms with Crippen molar-refractivity contribution in [2.24, 2.45) is 0 Å². The lowest BCUT2D eigenvalue weighted by atomic mass is 10.4. The number of hydrogen-bond donors (Lipinski definition) is 1. The molecular weight excluding hydrogens is 323 g/mol. The molecule has 0 aromatic carbocycles. The minimum atomic E-state index is -4.35. The lowest BCUT2D eigenvalue weighted by Gasteiger charge is -2.12. The number of hydrogen-bond acceptors (Lipinski definition) is 5. The minimum absolute atomic E-state index is 0.0374. The molecule has 0 amide bonds. The average Bonchev–Trinajstić information content (AvgIpc) is 3.14. The lowest BCUT2D eigenvalue weighted by molar-refractivity contribution is -0.115. The molecule has 0 atom stereocenters. The molecule has 3 aromatic heterocycles. The number of aryl methyl sites for hydroxylation is 2. The van der Waals surface area contributed by atoms with E-state index in [0.29, 0.717) is 5.82 Å². The van der Waals surface area contributed by atoms with E-state index >= 15 is 0 Å². The monoisotopic (exact) mass is 337 g/mol. The second-order valence-corrected chi connectivity index (χ2v) is 5.17. The zero-order valence-corrected chi connectivity index (χ0v) is 12.9. The van der Waals surface area contributed by atoms with Gasteiger partial charge in [0, 0.05) is 24.2 Å². The summed E-state index contributed by atoms with van der Waals surface area (Å²) < 4.78 is 40.3. The van der Waals surface area contributed by atoms with Crippen LogP contribution in [0.3, 0.4) is 0 Å². The van der Waals surface area contributed by atoms with Crippen molar-refractivity contribution in [1.29, 1.82) is 0 Å². The van der Waals surface area contributed by atoms with Crippen LogP contribution in [0.15, 0.2) is 30.6 Å². The van der Waals surface area contributed by atoms with E-state index < -0.39 is 12.7 Å². The molecular formula is C14H14F3N7. The first-order chi connectivity index (χ1) is 11.3. The lowest BCUT2D eigenvalue weighted by Crippen LogP contribution is -2.22. The molecule has 0 saturated heterocycles. The summed E-state index contributed by atoms with van der Waals surface area (Å²) in [6.07, 6.45) is -1.16. The van der Waals surface area contributed by atoms with Gasteiger partial charge >= 0.3 is 6.18 Å². The molecule has 3 heterocycles. The first kappa shape index (κ1) is 16.0. The Labute approximate surface area is 135 Å². The Morgan fingerprint density at radius 1 is 1.17 bits per heavy atom. The van der Waals surface area contributed by atoms with Gasteiger partial charge in [-0.15, -0.1) is 0 Å². The normalized spacial score (nSPS) is 11.7. The third-order valence-corrected chi connectivity index (χ3v) is 3.11. The van der Waals surface area contributed by atoms with E-state index in [4.69, 9.17) is 0 Å². The molecule has 24 heavy (non-hydrogen) atoms. The quantitative estimate of drug-likeness (QED) is 0.792. The van der Waals surface area contributed by atoms with Crippen molar-refractivity contribution in [2.45, 2.75) is 20.0 Å². The SMILES string of the molecule is Cc1cc(C)n(-c2nc(NCC(F)(F)F)cc(-n3cccn3)n2)n1. The summed E-state index contributed by atoms with van der Waals surface area (Å²) in [5.74, 6) is 0.538. The molecule has 0 aliphatic heterocycles. The van der Waals surface area contributed by atoms with Crippen molar-refractivity contribution in [3.63, 3.8) is 0 Å². The van der Waals surface area contributed by atoms with Gasteiger partial charge in [0.2, 0.25) is 0 Å². The minimum Gasteiger partial charge on any atom is -0.361 e. The molecule has 0 radical (unpaired) electrons. The smallest absolute Gasteiger partial charge is 0.361 e. The number of anilines is 1. The van der Waals surface area contributed by atoms with Crippen molar-refractivity contribution in [3.05, 3.63) is 42.0 Å². The molecule has 0 saturated carbocycles. The van der Waals surface area contributed by atoms with Gasteiger partial charge in [-0.3, -0.25) is 0 Å². The fourth-order valence-electron chi connectivity index (χ4n) is 2.15. The third-order valence-electron chi connectivity index (χ3n) is 3.11. The maximum absolute atomic E-state index is 12.5. The summed E-state index contributed by atoms with van der Waals surface area (Å²) >= 11 is 0. The van der Waals surface area contributed by atoms with Crippen LogP contribution in [0.1, 0.15) is 11.4 Å². The number of aromatic nitrogens is 6. The Morgan fingerprint density at radius 3 is 2.54 bits per heavy atom. The zero-order valence-electron chi connectivity index (χ0n) is 12.9. The van der Waals surface area contributed by atoms with Crippen LogP contribution >= 0.6 is 0 Å². The highest BCUT2D eigenvalue weighted by molar-refractivity contribution is 5.44. The van der Waals surface area contributed by atoms with E-state index in [1.807, 2.05) is 19.9 Å². The topological polar surface area (TPSA) is 73.5 Å². The molecule has 0 unspecified atom stereocenters. The summed E-state index contributed by atoms with van der Waals surface area (Å²) in [7, 11) is 0. The predicted octanol–water partition coefficient (Wildman–Crippen LogP) is 2.44. The Kier molecular flexibility index (Phi) is 3.96. The highest BCUT2D eigenvalue weighted by atomic mass is 19.4. The van der Waals surface area contributed by atoms with Gasteiger partial charge < -0.3 is 5.32 Å². The first-order valence-electron chi connectivity index (χ1n) is 7.05. The van der Waals surface area contributed by atoms with Crippen LogP contribution in [-0.2, 0) is 0 Å². The number of alkyl halides is 3. The second-order valence-electron chi connectivity index (χ2n) is 5.17. The third kappa shape index (κ3) is 3.53. The summed E-state index contributed by atoms with van der Waals surface area (Å²) in [5.41, 5.74) is 1.53. The maximum atomic E-state index is 12.5. The van der Waals surface area contributed by atoms with Crippen LogP contribution in [0.2, 0.25) is 0 Å². The van der Waals surface area contributed by atoms with Gasteiger partial charge in [0.15, 0.2) is 5.82 Å². The van der Waals surface area contributed by atoms with Crippen molar-refractivity contribution in [2.75, 3.05) is 11.9 Å². The molecule has 7 nitrogen and oxygen atoms in total. The van der Waals surface area contributed by atoms with Gasteiger partial charge in [-0.2, -0.15) is 33.3 Å². The van der Waals surface area contributed by atoms with Crippen LogP contribution in [0.5, 0.6) is 0 Å². The van der Waals surface area contributed by atoms with Gasteiger partial charge in [-0.05, 0) is 26.0 Å². The van der Waals surface area contributed by atoms with E-state index in [2.05, 4.69) is 25.5 Å². The summed E-state index contributed by atoms with van der Waals surface area (Å²) in [6, 6.07) is 4.91. The zero-order chi connectivity index (χ0) is 17.3. The Balaban J connectivity index is 2.04. The van der Waals surface area contributed by atoms with E-state index in [0.717, 1.165) is 11.4 Å². The number of rotatable bonds is 4. The molecule has 0 fully saturated rings. The molecule has 3 rings (SSSR count). The molecule has 1 N–H and O–H groups in total. The average molecular weight is 337 g/mol. The van der Waals surface area contributed by atoms with Crippen LogP contribution in [0, 0.1) is 13.8 Å². The van der Waals surface area contributed by atoms with Crippen molar-refractivity contribution >= 4 is 5.82 Å². The summed E-state index contributed by atoms with van der Waals surface area (Å²) in [5, 5.41) is 10.6. The summed E-state index contributed by atoms with van der Waals surface area (Å²) in [4.78, 5) is 8.46. The van der Waals surface area contributed by atoms with Crippen molar-refractivity contribution < 1.29 is 13.2 Å². The van der Waals surface area contributed by atoms with Gasteiger partial charge in [-0.1, -0.05) is 0 Å². The molecule has 3 aromatic rings. The fourth-order valence-corrected chi connectivity index (χ4v) is 2.15. The van der Waals surface area contributed by atoms with E-state index in [1.54, 1.807) is 18.5 Å². The van der Waals surface area contributed by atoms with Crippen molar-refractivity contribution in [3.8, 4) is 11.8 Å². The largest absolute Gasteiger partial charge is 0.405 e. The van der Waals surface area contributed by atoms with Crippen LogP contribution in [-0.4, -0.2) is 42.2 Å². The Bertz CT molecular complexity index is 837. The highest BCUT2D eigenvalue weighted by Crippen LogP contribution is 2.18. The van der Waals surface area contributed by atoms with Gasteiger partial charge in [0.1, 0.15) is 12.4 Å². The molecule has 10 heteroatoms. The predicted molar refractivity (Wildman–Crippen MR) is 80.3 cm³/mol. The number of nitrogens with zero attached hydrogens (tertiary/aromatic N) is 6. The molecule has 0 spiro atoms. The van der Waals surface area contributed by atoms with Crippen LogP contribution in [0.4, 0.5) is 19.0 Å². The van der Waals surface area contributed by atoms with Gasteiger partial charge in [0.25, 0.3) is 5.95 Å². The van der Waals surface area contributed by atoms with E-state index in [9.17, 15) is 13.2 Å². The van der Waals surface area contributed by atoms with Gasteiger partial charge in [0.05, 0.1) is 5.69 Å². The van der Waals surface area contributed by atoms with Crippen LogP contribution in [0.25, 0.3) is 11.8 Å². The van der Waals surface area contributed by atoms with Crippen LogP contribution < -0.4 is 5.32 Å². The molecule has 0 aliphatic rings. The van der Waals surface area contributed by atoms with Crippen molar-refractivity contribution in [1.82, 2.24) is 29.5 Å². The number of halogens is 3. The Morgan fingerprint density at radius 2 is 1.96 bits per heavy atom. The van der Waals surface area contributed by atoms with E-state index in [-0.39, 0.29) is 11.8 Å². The van der Waals surface area contributed by atoms with Gasteiger partial charge in [-0.25, -0.2) is 9.36 Å². The number of nitrogens with one attached hydrogen (secondary N) is 1. The maximum Gasteiger partial charge on any atom is 0.405 e. The molecule has 126 valence electrons. The summed E-state index contributed by atoms with van der Waals surface area (Å²) in [6.45, 7) is 2.43. The standard InChI is InChI=1S/C14H14F3N7/c1-9-6-10(2)24(22-9)13-20-11(18-8-14(15,16)17)7-12(21-13)23-5-3-4-19-23/h3-7H,8H2,1-2H3,(H,18,20,21). The highest BCUT2D eigenvalue weighted by Gasteiger charge is 2.27. The second kappa shape index (κ2) is 5.95. The fraction of sp³-hybridized carbons (Fsp3) is 0.286.